The summed E-state index contributed by atoms with van der Waals surface area (Å²) in [5.74, 6) is -0.626. The van der Waals surface area contributed by atoms with E-state index in [0.29, 0.717) is 17.1 Å². The molecule has 0 aliphatic carbocycles. The fourth-order valence-electron chi connectivity index (χ4n) is 2.51. The Morgan fingerprint density at radius 2 is 1.55 bits per heavy atom. The molecular formula is C15H13ClN2O3S. The fraction of sp³-hybridized carbons (Fsp3) is 0.133. The summed E-state index contributed by atoms with van der Waals surface area (Å²) in [5.41, 5.74) is 1.23. The minimum Gasteiger partial charge on any atom is -0.276 e. The highest BCUT2D eigenvalue weighted by Gasteiger charge is 2.35. The highest BCUT2D eigenvalue weighted by molar-refractivity contribution is 7.93. The number of carbonyl (C=O) groups excluding carboxylic acids is 1. The molecule has 0 unspecified atom stereocenters. The molecule has 0 spiro atoms. The molecule has 0 saturated carbocycles. The van der Waals surface area contributed by atoms with E-state index >= 15 is 0 Å². The van der Waals surface area contributed by atoms with E-state index in [0.717, 1.165) is 0 Å². The van der Waals surface area contributed by atoms with E-state index in [1.54, 1.807) is 42.5 Å². The molecule has 2 aromatic carbocycles. The van der Waals surface area contributed by atoms with Crippen LogP contribution in [0.3, 0.4) is 0 Å². The van der Waals surface area contributed by atoms with Crippen molar-refractivity contribution in [3.05, 3.63) is 48.5 Å². The van der Waals surface area contributed by atoms with E-state index in [2.05, 4.69) is 0 Å². The van der Waals surface area contributed by atoms with Crippen LogP contribution in [0.4, 0.5) is 17.1 Å². The van der Waals surface area contributed by atoms with Crippen LogP contribution in [0.2, 0.25) is 0 Å². The van der Waals surface area contributed by atoms with Crippen LogP contribution in [0.1, 0.15) is 0 Å². The first-order valence-corrected chi connectivity index (χ1v) is 8.52. The van der Waals surface area contributed by atoms with Gasteiger partial charge < -0.3 is 0 Å². The van der Waals surface area contributed by atoms with Gasteiger partial charge in [-0.1, -0.05) is 24.3 Å². The Bertz CT molecular complexity index is 851. The van der Waals surface area contributed by atoms with Gasteiger partial charge in [0.1, 0.15) is 10.8 Å². The summed E-state index contributed by atoms with van der Waals surface area (Å²) in [4.78, 5) is 13.8. The van der Waals surface area contributed by atoms with Gasteiger partial charge in [-0.25, -0.2) is 8.42 Å². The summed E-state index contributed by atoms with van der Waals surface area (Å²) in [6.07, 6.45) is 0. The molecule has 0 saturated heterocycles. The third-order valence-electron chi connectivity index (χ3n) is 3.57. The quantitative estimate of drug-likeness (QED) is 0.752. The lowest BCUT2D eigenvalue weighted by molar-refractivity contribution is -0.115. The number of halogens is 1. The Morgan fingerprint density at radius 1 is 1.00 bits per heavy atom. The molecule has 7 heteroatoms. The predicted molar refractivity (Wildman–Crippen MR) is 86.3 cm³/mol. The van der Waals surface area contributed by atoms with Crippen LogP contribution in [0.25, 0.3) is 0 Å². The molecule has 0 fully saturated rings. The Kier molecular flexibility index (Phi) is 3.58. The van der Waals surface area contributed by atoms with Crippen molar-refractivity contribution < 1.29 is 13.2 Å². The molecule has 5 nitrogen and oxygen atoms in total. The van der Waals surface area contributed by atoms with Gasteiger partial charge >= 0.3 is 0 Å². The first-order chi connectivity index (χ1) is 10.5. The van der Waals surface area contributed by atoms with Crippen LogP contribution in [-0.2, 0) is 14.8 Å². The number of alkyl halides is 1. The van der Waals surface area contributed by atoms with Crippen molar-refractivity contribution in [2.24, 2.45) is 0 Å². The second-order valence-electron chi connectivity index (χ2n) is 4.79. The van der Waals surface area contributed by atoms with Gasteiger partial charge in [0.05, 0.1) is 17.1 Å². The molecule has 22 heavy (non-hydrogen) atoms. The third kappa shape index (κ3) is 2.07. The molecule has 0 aromatic heterocycles. The summed E-state index contributed by atoms with van der Waals surface area (Å²) < 4.78 is 26.8. The number of carbonyl (C=O) groups is 1. The number of amides is 1. The summed E-state index contributed by atoms with van der Waals surface area (Å²) in [7, 11) is -2.28. The summed E-state index contributed by atoms with van der Waals surface area (Å²) >= 11 is 5.72. The average Bonchev–Trinajstić information content (AvgIpc) is 2.61. The van der Waals surface area contributed by atoms with Gasteiger partial charge in [0, 0.05) is 7.05 Å². The standard InChI is InChI=1S/C15H13ClN2O3S/c1-17-11-6-2-3-7-12(11)18(15(19)10-16)13-8-4-5-9-14(13)22(17,20)21/h2-9H,10H2,1H3. The van der Waals surface area contributed by atoms with Gasteiger partial charge in [-0.05, 0) is 24.3 Å². The first kappa shape index (κ1) is 14.9. The minimum atomic E-state index is -3.75. The van der Waals surface area contributed by atoms with Crippen LogP contribution in [0, 0.1) is 0 Å². The monoisotopic (exact) mass is 336 g/mol. The zero-order valence-corrected chi connectivity index (χ0v) is 13.3. The van der Waals surface area contributed by atoms with Crippen LogP contribution in [0.15, 0.2) is 53.4 Å². The Hall–Kier alpha value is -2.05. The highest BCUT2D eigenvalue weighted by atomic mass is 35.5. The number of para-hydroxylation sites is 3. The SMILES string of the molecule is CN1c2ccccc2N(C(=O)CCl)c2ccccc2S1(=O)=O. The lowest BCUT2D eigenvalue weighted by Gasteiger charge is -2.23. The maximum absolute atomic E-state index is 12.8. The molecule has 1 heterocycles. The number of nitrogens with zero attached hydrogens (tertiary/aromatic N) is 2. The largest absolute Gasteiger partial charge is 0.276 e. The van der Waals surface area contributed by atoms with Gasteiger partial charge in [0.25, 0.3) is 10.0 Å². The predicted octanol–water partition coefficient (Wildman–Crippen LogP) is 2.73. The van der Waals surface area contributed by atoms with Crippen molar-refractivity contribution in [2.45, 2.75) is 4.90 Å². The molecular weight excluding hydrogens is 324 g/mol. The zero-order valence-electron chi connectivity index (χ0n) is 11.7. The van der Waals surface area contributed by atoms with Crippen LogP contribution in [0.5, 0.6) is 0 Å². The van der Waals surface area contributed by atoms with Gasteiger partial charge in [0.15, 0.2) is 0 Å². The zero-order chi connectivity index (χ0) is 15.9. The van der Waals surface area contributed by atoms with Crippen molar-refractivity contribution >= 4 is 44.6 Å². The van der Waals surface area contributed by atoms with Crippen LogP contribution in [-0.4, -0.2) is 27.3 Å². The van der Waals surface area contributed by atoms with Gasteiger partial charge in [-0.3, -0.25) is 14.0 Å². The summed E-state index contributed by atoms with van der Waals surface area (Å²) in [5, 5.41) is 0. The van der Waals surface area contributed by atoms with Gasteiger partial charge in [-0.2, -0.15) is 0 Å². The Morgan fingerprint density at radius 3 is 2.18 bits per heavy atom. The van der Waals surface area contributed by atoms with E-state index in [4.69, 9.17) is 11.6 Å². The molecule has 1 aliphatic rings. The molecule has 0 radical (unpaired) electrons. The number of benzene rings is 2. The topological polar surface area (TPSA) is 57.7 Å². The molecule has 1 amide bonds. The number of hydrogen-bond acceptors (Lipinski definition) is 3. The smallest absolute Gasteiger partial charge is 0.266 e. The summed E-state index contributed by atoms with van der Waals surface area (Å²) in [6.45, 7) is 0. The number of hydrogen-bond donors (Lipinski definition) is 0. The number of sulfonamides is 1. The maximum Gasteiger partial charge on any atom is 0.266 e. The van der Waals surface area contributed by atoms with Crippen LogP contribution >= 0.6 is 11.6 Å². The van der Waals surface area contributed by atoms with Crippen molar-refractivity contribution in [2.75, 3.05) is 22.1 Å². The minimum absolute atomic E-state index is 0.0761. The van der Waals surface area contributed by atoms with Crippen molar-refractivity contribution in [1.29, 1.82) is 0 Å². The lowest BCUT2D eigenvalue weighted by Crippen LogP contribution is -2.27. The van der Waals surface area contributed by atoms with Crippen molar-refractivity contribution in [1.82, 2.24) is 0 Å². The normalized spacial score (nSPS) is 15.7. The third-order valence-corrected chi connectivity index (χ3v) is 5.62. The lowest BCUT2D eigenvalue weighted by atomic mass is 10.2. The molecule has 0 N–H and O–H groups in total. The highest BCUT2D eigenvalue weighted by Crippen LogP contribution is 2.43. The summed E-state index contributed by atoms with van der Waals surface area (Å²) in [6, 6.07) is 13.3. The van der Waals surface area contributed by atoms with Crippen molar-refractivity contribution in [3.63, 3.8) is 0 Å². The molecule has 114 valence electrons. The van der Waals surface area contributed by atoms with E-state index in [-0.39, 0.29) is 16.7 Å². The molecule has 0 atom stereocenters. The van der Waals surface area contributed by atoms with Crippen molar-refractivity contribution in [3.8, 4) is 0 Å². The Balaban J connectivity index is 2.43. The molecule has 0 bridgehead atoms. The van der Waals surface area contributed by atoms with E-state index in [1.165, 1.54) is 22.3 Å². The van der Waals surface area contributed by atoms with Crippen LogP contribution < -0.4 is 9.21 Å². The number of fused-ring (bicyclic) bond motifs is 2. The van der Waals surface area contributed by atoms with Gasteiger partial charge in [0.2, 0.25) is 5.91 Å². The maximum atomic E-state index is 12.8. The number of rotatable bonds is 1. The second kappa shape index (κ2) is 5.30. The molecule has 1 aliphatic heterocycles. The molecule has 2 aromatic rings. The van der Waals surface area contributed by atoms with Gasteiger partial charge in [-0.15, -0.1) is 11.6 Å². The van der Waals surface area contributed by atoms with E-state index in [1.807, 2.05) is 0 Å². The first-order valence-electron chi connectivity index (χ1n) is 6.54. The second-order valence-corrected chi connectivity index (χ2v) is 7.00. The molecule has 3 rings (SSSR count). The Labute approximate surface area is 133 Å². The van der Waals surface area contributed by atoms with E-state index in [9.17, 15) is 13.2 Å². The van der Waals surface area contributed by atoms with E-state index < -0.39 is 10.0 Å². The number of anilines is 3. The fourth-order valence-corrected chi connectivity index (χ4v) is 4.02. The average molecular weight is 337 g/mol.